The van der Waals surface area contributed by atoms with E-state index in [0.29, 0.717) is 28.6 Å². The van der Waals surface area contributed by atoms with Gasteiger partial charge >= 0.3 is 0 Å². The molecule has 0 bridgehead atoms. The number of hydrogen-bond donors (Lipinski definition) is 3. The average molecular weight is 497 g/mol. The summed E-state index contributed by atoms with van der Waals surface area (Å²) in [6.45, 7) is 0. The Kier molecular flexibility index (Phi) is 6.20. The van der Waals surface area contributed by atoms with E-state index < -0.39 is 5.91 Å². The summed E-state index contributed by atoms with van der Waals surface area (Å²) in [7, 11) is 5.14. The van der Waals surface area contributed by atoms with E-state index in [1.165, 1.54) is 6.20 Å². The molecule has 4 N–H and O–H groups in total. The number of benzene rings is 2. The van der Waals surface area contributed by atoms with Crippen molar-refractivity contribution in [2.75, 3.05) is 17.7 Å². The Morgan fingerprint density at radius 3 is 2.51 bits per heavy atom. The van der Waals surface area contributed by atoms with Crippen molar-refractivity contribution in [2.24, 2.45) is 19.8 Å². The number of methoxy groups -OCH3 is 1. The third-order valence-corrected chi connectivity index (χ3v) is 5.56. The molecule has 0 radical (unpaired) electrons. The van der Waals surface area contributed by atoms with Gasteiger partial charge in [-0.2, -0.15) is 15.2 Å². The van der Waals surface area contributed by atoms with Crippen molar-refractivity contribution >= 4 is 29.2 Å². The fourth-order valence-electron chi connectivity index (χ4n) is 3.79. The first kappa shape index (κ1) is 23.5. The summed E-state index contributed by atoms with van der Waals surface area (Å²) >= 11 is 0. The standard InChI is InChI=1S/C25H24N10O2/c1-34-14-28-23(33-34)16-10-7-11-18(21(16)37-3)29-24-17(22(26)36)13-27-25(31-24)30-20-12-19(32-35(20)2)15-8-5-4-6-9-15/h4-14H,1-3H3,(H2,26,36)(H2,27,29,30,31). The summed E-state index contributed by atoms with van der Waals surface area (Å²) in [6, 6.07) is 17.2. The summed E-state index contributed by atoms with van der Waals surface area (Å²) in [5, 5.41) is 15.2. The summed E-state index contributed by atoms with van der Waals surface area (Å²) in [5.74, 6) is 1.42. The predicted octanol–water partition coefficient (Wildman–Crippen LogP) is 3.27. The van der Waals surface area contributed by atoms with Crippen molar-refractivity contribution in [1.82, 2.24) is 34.5 Å². The molecule has 0 aliphatic rings. The largest absolute Gasteiger partial charge is 0.494 e. The summed E-state index contributed by atoms with van der Waals surface area (Å²) in [6.07, 6.45) is 2.97. The van der Waals surface area contributed by atoms with Crippen LogP contribution in [0.1, 0.15) is 10.4 Å². The molecule has 0 fully saturated rings. The van der Waals surface area contributed by atoms with Crippen LogP contribution in [0.5, 0.6) is 5.75 Å². The molecule has 37 heavy (non-hydrogen) atoms. The molecule has 0 saturated carbocycles. The van der Waals surface area contributed by atoms with E-state index in [2.05, 4.69) is 35.8 Å². The van der Waals surface area contributed by atoms with Crippen LogP contribution < -0.4 is 21.1 Å². The number of aromatic nitrogens is 7. The van der Waals surface area contributed by atoms with Gasteiger partial charge in [-0.25, -0.2) is 9.97 Å². The number of primary amides is 1. The maximum absolute atomic E-state index is 12.2. The van der Waals surface area contributed by atoms with Gasteiger partial charge in [0.2, 0.25) is 5.95 Å². The molecule has 12 heteroatoms. The van der Waals surface area contributed by atoms with Crippen LogP contribution in [0.3, 0.4) is 0 Å². The molecule has 0 atom stereocenters. The zero-order valence-corrected chi connectivity index (χ0v) is 20.4. The fraction of sp³-hybridized carbons (Fsp3) is 0.120. The minimum absolute atomic E-state index is 0.115. The van der Waals surface area contributed by atoms with Gasteiger partial charge in [-0.3, -0.25) is 14.2 Å². The highest BCUT2D eigenvalue weighted by molar-refractivity contribution is 5.98. The minimum Gasteiger partial charge on any atom is -0.494 e. The molecule has 0 spiro atoms. The van der Waals surface area contributed by atoms with Crippen LogP contribution in [0.25, 0.3) is 22.6 Å². The number of carbonyl (C=O) groups excluding carboxylic acids is 1. The highest BCUT2D eigenvalue weighted by Crippen LogP contribution is 2.36. The molecule has 3 heterocycles. The third-order valence-electron chi connectivity index (χ3n) is 5.56. The van der Waals surface area contributed by atoms with Crippen molar-refractivity contribution in [3.8, 4) is 28.4 Å². The van der Waals surface area contributed by atoms with Gasteiger partial charge < -0.3 is 21.1 Å². The second-order valence-corrected chi connectivity index (χ2v) is 8.10. The molecule has 0 aliphatic carbocycles. The predicted molar refractivity (Wildman–Crippen MR) is 139 cm³/mol. The van der Waals surface area contributed by atoms with E-state index in [4.69, 9.17) is 10.5 Å². The number of carbonyl (C=O) groups is 1. The monoisotopic (exact) mass is 496 g/mol. The lowest BCUT2D eigenvalue weighted by atomic mass is 10.1. The van der Waals surface area contributed by atoms with Gasteiger partial charge in [-0.15, -0.1) is 0 Å². The molecule has 2 aromatic carbocycles. The Morgan fingerprint density at radius 2 is 1.81 bits per heavy atom. The van der Waals surface area contributed by atoms with Gasteiger partial charge in [0.25, 0.3) is 5.91 Å². The average Bonchev–Trinajstić information content (AvgIpc) is 3.49. The topological polar surface area (TPSA) is 151 Å². The number of nitrogens with zero attached hydrogens (tertiary/aromatic N) is 7. The maximum atomic E-state index is 12.2. The highest BCUT2D eigenvalue weighted by Gasteiger charge is 2.19. The molecule has 1 amide bonds. The third kappa shape index (κ3) is 4.80. The Morgan fingerprint density at radius 1 is 1.00 bits per heavy atom. The van der Waals surface area contributed by atoms with E-state index in [9.17, 15) is 4.79 Å². The fourth-order valence-corrected chi connectivity index (χ4v) is 3.79. The maximum Gasteiger partial charge on any atom is 0.254 e. The molecular formula is C25H24N10O2. The van der Waals surface area contributed by atoms with E-state index >= 15 is 0 Å². The van der Waals surface area contributed by atoms with Crippen LogP contribution in [0.15, 0.2) is 67.1 Å². The van der Waals surface area contributed by atoms with E-state index in [1.807, 2.05) is 55.6 Å². The molecule has 186 valence electrons. The number of hydrogen-bond acceptors (Lipinski definition) is 9. The van der Waals surface area contributed by atoms with Gasteiger partial charge in [-0.1, -0.05) is 36.4 Å². The van der Waals surface area contributed by atoms with Crippen LogP contribution in [-0.4, -0.2) is 47.5 Å². The second-order valence-electron chi connectivity index (χ2n) is 8.10. The Bertz CT molecular complexity index is 1580. The zero-order chi connectivity index (χ0) is 25.9. The van der Waals surface area contributed by atoms with E-state index in [-0.39, 0.29) is 17.3 Å². The molecule has 5 rings (SSSR count). The van der Waals surface area contributed by atoms with Crippen LogP contribution in [-0.2, 0) is 14.1 Å². The first-order valence-corrected chi connectivity index (χ1v) is 11.3. The van der Waals surface area contributed by atoms with Crippen molar-refractivity contribution < 1.29 is 9.53 Å². The number of anilines is 4. The number of amides is 1. The van der Waals surface area contributed by atoms with Gasteiger partial charge in [0.15, 0.2) is 11.6 Å². The smallest absolute Gasteiger partial charge is 0.254 e. The first-order chi connectivity index (χ1) is 17.9. The lowest BCUT2D eigenvalue weighted by Crippen LogP contribution is -2.16. The Hall–Kier alpha value is -5.26. The van der Waals surface area contributed by atoms with Crippen LogP contribution in [0.2, 0.25) is 0 Å². The lowest BCUT2D eigenvalue weighted by Gasteiger charge is -2.15. The van der Waals surface area contributed by atoms with Crippen molar-refractivity contribution in [3.63, 3.8) is 0 Å². The Labute approximate surface area is 212 Å². The summed E-state index contributed by atoms with van der Waals surface area (Å²) in [5.41, 5.74) is 8.72. The van der Waals surface area contributed by atoms with Crippen LogP contribution >= 0.6 is 0 Å². The summed E-state index contributed by atoms with van der Waals surface area (Å²) < 4.78 is 8.95. The van der Waals surface area contributed by atoms with Crippen molar-refractivity contribution in [1.29, 1.82) is 0 Å². The van der Waals surface area contributed by atoms with Crippen molar-refractivity contribution in [3.05, 3.63) is 72.7 Å². The molecule has 0 unspecified atom stereocenters. The highest BCUT2D eigenvalue weighted by atomic mass is 16.5. The minimum atomic E-state index is -0.678. The van der Waals surface area contributed by atoms with E-state index in [0.717, 1.165) is 11.3 Å². The quantitative estimate of drug-likeness (QED) is 0.294. The van der Waals surface area contributed by atoms with Gasteiger partial charge in [0, 0.05) is 31.9 Å². The van der Waals surface area contributed by atoms with Crippen LogP contribution in [0, 0.1) is 0 Å². The molecular weight excluding hydrogens is 472 g/mol. The van der Waals surface area contributed by atoms with Gasteiger partial charge in [-0.05, 0) is 12.1 Å². The number of para-hydroxylation sites is 1. The molecule has 12 nitrogen and oxygen atoms in total. The second kappa shape index (κ2) is 9.77. The van der Waals surface area contributed by atoms with Crippen LogP contribution in [0.4, 0.5) is 23.3 Å². The number of aryl methyl sites for hydroxylation is 2. The van der Waals surface area contributed by atoms with Gasteiger partial charge in [0.1, 0.15) is 23.5 Å². The normalized spacial score (nSPS) is 10.8. The number of nitrogens with one attached hydrogen (secondary N) is 2. The molecule has 3 aromatic heterocycles. The molecule has 0 saturated heterocycles. The zero-order valence-electron chi connectivity index (χ0n) is 20.4. The van der Waals surface area contributed by atoms with Crippen molar-refractivity contribution in [2.45, 2.75) is 0 Å². The lowest BCUT2D eigenvalue weighted by molar-refractivity contribution is 0.100. The molecule has 5 aromatic rings. The summed E-state index contributed by atoms with van der Waals surface area (Å²) in [4.78, 5) is 25.3. The van der Waals surface area contributed by atoms with Gasteiger partial charge in [0.05, 0.1) is 24.1 Å². The number of ether oxygens (including phenoxy) is 1. The Balaban J connectivity index is 1.48. The van der Waals surface area contributed by atoms with E-state index in [1.54, 1.807) is 35.9 Å². The number of rotatable bonds is 8. The number of nitrogens with two attached hydrogens (primary N) is 1. The SMILES string of the molecule is COc1c(Nc2nc(Nc3cc(-c4ccccc4)nn3C)ncc2C(N)=O)cccc1-c1ncn(C)n1. The first-order valence-electron chi connectivity index (χ1n) is 11.3. The molecule has 0 aliphatic heterocycles.